The van der Waals surface area contributed by atoms with Crippen molar-refractivity contribution in [3.63, 3.8) is 0 Å². The lowest BCUT2D eigenvalue weighted by atomic mass is 10.1. The molecule has 0 saturated carbocycles. The third-order valence-electron chi connectivity index (χ3n) is 1.66. The van der Waals surface area contributed by atoms with Crippen LogP contribution in [0.3, 0.4) is 0 Å². The van der Waals surface area contributed by atoms with Crippen LogP contribution in [-0.4, -0.2) is 12.8 Å². The maximum absolute atomic E-state index is 10.5. The van der Waals surface area contributed by atoms with Crippen molar-refractivity contribution in [2.45, 2.75) is 6.42 Å². The molecule has 0 fully saturated rings. The number of hydrogen-bond acceptors (Lipinski definition) is 2. The van der Waals surface area contributed by atoms with Gasteiger partial charge in [0, 0.05) is 29.0 Å². The van der Waals surface area contributed by atoms with E-state index < -0.39 is 0 Å². The Labute approximate surface area is 87.6 Å². The molecule has 0 unspecified atom stereocenters. The van der Waals surface area contributed by atoms with Crippen molar-refractivity contribution in [1.29, 1.82) is 0 Å². The predicted octanol–water partition coefficient (Wildman–Crippen LogP) is 2.55. The molecule has 0 atom stereocenters. The zero-order valence-electron chi connectivity index (χ0n) is 8.05. The van der Waals surface area contributed by atoms with Crippen LogP contribution in [-0.2, 0) is 0 Å². The minimum Gasteiger partial charge on any atom is -0.298 e. The van der Waals surface area contributed by atoms with E-state index in [1.54, 1.807) is 18.2 Å². The maximum atomic E-state index is 10.5. The van der Waals surface area contributed by atoms with Crippen LogP contribution in [0.2, 0.25) is 0 Å². The molecule has 74 valence electrons. The predicted molar refractivity (Wildman–Crippen MR) is 57.3 cm³/mol. The lowest BCUT2D eigenvalue weighted by Crippen LogP contribution is -1.81. The Morgan fingerprint density at radius 1 is 1.53 bits per heavy atom. The van der Waals surface area contributed by atoms with Crippen molar-refractivity contribution in [2.75, 3.05) is 6.54 Å². The molecule has 1 aromatic carbocycles. The number of carbonyl (C=O) groups is 1. The van der Waals surface area contributed by atoms with E-state index in [2.05, 4.69) is 21.9 Å². The Balaban J connectivity index is 2.62. The highest BCUT2D eigenvalue weighted by atomic mass is 16.1. The van der Waals surface area contributed by atoms with Crippen molar-refractivity contribution in [1.82, 2.24) is 0 Å². The van der Waals surface area contributed by atoms with Gasteiger partial charge in [0.05, 0.1) is 0 Å². The van der Waals surface area contributed by atoms with E-state index in [-0.39, 0.29) is 0 Å². The monoisotopic (exact) mass is 199 g/mol. The number of benzene rings is 1. The quantitative estimate of drug-likeness (QED) is 0.184. The molecule has 15 heavy (non-hydrogen) atoms. The smallest absolute Gasteiger partial charge is 0.150 e. The maximum Gasteiger partial charge on any atom is 0.150 e. The van der Waals surface area contributed by atoms with Gasteiger partial charge in [-0.25, -0.2) is 0 Å². The van der Waals surface area contributed by atoms with Crippen LogP contribution in [0.4, 0.5) is 0 Å². The molecule has 0 aliphatic heterocycles. The van der Waals surface area contributed by atoms with E-state index in [4.69, 9.17) is 5.53 Å². The largest absolute Gasteiger partial charge is 0.298 e. The van der Waals surface area contributed by atoms with Gasteiger partial charge in [-0.3, -0.25) is 4.79 Å². The highest BCUT2D eigenvalue weighted by Gasteiger charge is 1.89. The summed E-state index contributed by atoms with van der Waals surface area (Å²) in [6.07, 6.45) is 1.31. The Hall–Kier alpha value is -2.24. The van der Waals surface area contributed by atoms with Crippen LogP contribution in [0.25, 0.3) is 10.4 Å². The van der Waals surface area contributed by atoms with Crippen molar-refractivity contribution >= 4 is 6.29 Å². The summed E-state index contributed by atoms with van der Waals surface area (Å²) in [5.74, 6) is 5.74. The lowest BCUT2D eigenvalue weighted by Gasteiger charge is -1.90. The number of azide groups is 1. The zero-order valence-corrected chi connectivity index (χ0v) is 8.05. The van der Waals surface area contributed by atoms with Gasteiger partial charge >= 0.3 is 0 Å². The molecule has 0 amide bonds. The van der Waals surface area contributed by atoms with Crippen molar-refractivity contribution in [3.8, 4) is 11.8 Å². The van der Waals surface area contributed by atoms with Gasteiger partial charge in [-0.1, -0.05) is 29.1 Å². The first kappa shape index (κ1) is 10.8. The van der Waals surface area contributed by atoms with Crippen LogP contribution in [0, 0.1) is 11.8 Å². The second-order valence-electron chi connectivity index (χ2n) is 2.75. The minimum atomic E-state index is 0.372. The van der Waals surface area contributed by atoms with Gasteiger partial charge < -0.3 is 0 Å². The first-order valence-corrected chi connectivity index (χ1v) is 4.42. The van der Waals surface area contributed by atoms with Crippen LogP contribution < -0.4 is 0 Å². The number of rotatable bonds is 3. The van der Waals surface area contributed by atoms with Crippen LogP contribution >= 0.6 is 0 Å². The molecule has 0 aliphatic carbocycles. The lowest BCUT2D eigenvalue weighted by molar-refractivity contribution is 0.112. The summed E-state index contributed by atoms with van der Waals surface area (Å²) in [6, 6.07) is 7.04. The normalized spacial score (nSPS) is 8.27. The first-order chi connectivity index (χ1) is 7.36. The Bertz CT molecular complexity index is 450. The first-order valence-electron chi connectivity index (χ1n) is 4.42. The Morgan fingerprint density at radius 3 is 3.13 bits per heavy atom. The Morgan fingerprint density at radius 2 is 2.40 bits per heavy atom. The van der Waals surface area contributed by atoms with Crippen LogP contribution in [0.1, 0.15) is 22.3 Å². The number of hydrogen-bond donors (Lipinski definition) is 0. The molecular weight excluding hydrogens is 190 g/mol. The summed E-state index contributed by atoms with van der Waals surface area (Å²) >= 11 is 0. The minimum absolute atomic E-state index is 0.372. The van der Waals surface area contributed by atoms with Gasteiger partial charge in [0.25, 0.3) is 0 Å². The number of nitrogens with zero attached hydrogens (tertiary/aromatic N) is 3. The Kier molecular flexibility index (Phi) is 4.52. The molecule has 0 heterocycles. The van der Waals surface area contributed by atoms with Crippen molar-refractivity contribution < 1.29 is 4.79 Å². The summed E-state index contributed by atoms with van der Waals surface area (Å²) in [6.45, 7) is 0.372. The second kappa shape index (κ2) is 6.25. The van der Waals surface area contributed by atoms with E-state index in [0.717, 1.165) is 11.8 Å². The van der Waals surface area contributed by atoms with E-state index >= 15 is 0 Å². The van der Waals surface area contributed by atoms with Crippen molar-refractivity contribution in [3.05, 3.63) is 45.8 Å². The zero-order chi connectivity index (χ0) is 10.9. The van der Waals surface area contributed by atoms with E-state index in [1.807, 2.05) is 6.07 Å². The SMILES string of the molecule is [N-]=[N+]=NCCC#Cc1cccc(C=O)c1. The molecule has 4 nitrogen and oxygen atoms in total. The molecule has 0 bridgehead atoms. The molecule has 0 spiro atoms. The van der Waals surface area contributed by atoms with Gasteiger partial charge in [0.15, 0.2) is 0 Å². The summed E-state index contributed by atoms with van der Waals surface area (Å²) in [4.78, 5) is 13.1. The fraction of sp³-hybridized carbons (Fsp3) is 0.182. The fourth-order valence-electron chi connectivity index (χ4n) is 1.00. The third kappa shape index (κ3) is 3.99. The number of aldehydes is 1. The van der Waals surface area contributed by atoms with Gasteiger partial charge in [0.1, 0.15) is 6.29 Å². The van der Waals surface area contributed by atoms with Gasteiger partial charge in [-0.15, -0.1) is 0 Å². The summed E-state index contributed by atoms with van der Waals surface area (Å²) in [5.41, 5.74) is 9.42. The highest BCUT2D eigenvalue weighted by Crippen LogP contribution is 2.01. The van der Waals surface area contributed by atoms with E-state index in [9.17, 15) is 4.79 Å². The molecule has 1 aromatic rings. The molecule has 0 aliphatic rings. The average molecular weight is 199 g/mol. The molecule has 0 N–H and O–H groups in total. The standard InChI is InChI=1S/C11H9N3O/c12-14-13-7-2-1-4-10-5-3-6-11(8-10)9-15/h3,5-6,8-9H,2,7H2. The van der Waals surface area contributed by atoms with Crippen LogP contribution in [0.15, 0.2) is 29.4 Å². The van der Waals surface area contributed by atoms with Gasteiger partial charge in [-0.05, 0) is 17.7 Å². The van der Waals surface area contributed by atoms with E-state index in [1.165, 1.54) is 0 Å². The van der Waals surface area contributed by atoms with Crippen LogP contribution in [0.5, 0.6) is 0 Å². The topological polar surface area (TPSA) is 65.8 Å². The van der Waals surface area contributed by atoms with Gasteiger partial charge in [0.2, 0.25) is 0 Å². The molecule has 0 aromatic heterocycles. The fourth-order valence-corrected chi connectivity index (χ4v) is 1.00. The summed E-state index contributed by atoms with van der Waals surface area (Å²) in [5, 5.41) is 3.36. The summed E-state index contributed by atoms with van der Waals surface area (Å²) in [7, 11) is 0. The third-order valence-corrected chi connectivity index (χ3v) is 1.66. The number of carbonyl (C=O) groups excluding carboxylic acids is 1. The van der Waals surface area contributed by atoms with E-state index in [0.29, 0.717) is 18.5 Å². The summed E-state index contributed by atoms with van der Waals surface area (Å²) < 4.78 is 0. The highest BCUT2D eigenvalue weighted by molar-refractivity contribution is 5.75. The molecule has 0 saturated heterocycles. The molecular formula is C11H9N3O. The van der Waals surface area contributed by atoms with Crippen molar-refractivity contribution in [2.24, 2.45) is 5.11 Å². The molecule has 1 rings (SSSR count). The second-order valence-corrected chi connectivity index (χ2v) is 2.75. The molecule has 0 radical (unpaired) electrons. The van der Waals surface area contributed by atoms with Gasteiger partial charge in [-0.2, -0.15) is 0 Å². The average Bonchev–Trinajstić information content (AvgIpc) is 2.29. The molecule has 4 heteroatoms.